The molecule has 0 bridgehead atoms. The van der Waals surface area contributed by atoms with Crippen molar-refractivity contribution >= 4 is 5.97 Å². The minimum absolute atomic E-state index is 0.326. The maximum absolute atomic E-state index is 10.6. The lowest BCUT2D eigenvalue weighted by Crippen LogP contribution is -2.32. The predicted molar refractivity (Wildman–Crippen MR) is 65.2 cm³/mol. The third-order valence-corrected chi connectivity index (χ3v) is 2.32. The van der Waals surface area contributed by atoms with E-state index in [0.717, 1.165) is 17.9 Å². The monoisotopic (exact) mass is 238 g/mol. The summed E-state index contributed by atoms with van der Waals surface area (Å²) in [6.45, 7) is 1.39. The molecule has 0 spiro atoms. The fourth-order valence-corrected chi connectivity index (χ4v) is 1.33. The Morgan fingerprint density at radius 2 is 2.12 bits per heavy atom. The number of nitrogens with one attached hydrogen (secondary N) is 1. The van der Waals surface area contributed by atoms with Gasteiger partial charge in [-0.05, 0) is 31.2 Å². The topological polar surface area (TPSA) is 84.6 Å². The first-order valence-electron chi connectivity index (χ1n) is 5.48. The molecule has 0 radical (unpaired) electrons. The Morgan fingerprint density at radius 3 is 2.65 bits per heavy atom. The summed E-state index contributed by atoms with van der Waals surface area (Å²) in [4.78, 5) is 10.6. The summed E-state index contributed by atoms with van der Waals surface area (Å²) in [6.07, 6.45) is 0.326. The average molecular weight is 238 g/mol. The Balaban J connectivity index is 2.47. The molecule has 0 aliphatic heterocycles. The van der Waals surface area contributed by atoms with E-state index in [1.807, 2.05) is 31.3 Å². The minimum atomic E-state index is -0.987. The fraction of sp³-hybridized carbons (Fsp3) is 0.417. The van der Waals surface area contributed by atoms with Gasteiger partial charge in [-0.3, -0.25) is 4.79 Å². The van der Waals surface area contributed by atoms with E-state index in [2.05, 4.69) is 5.32 Å². The van der Waals surface area contributed by atoms with Gasteiger partial charge in [-0.25, -0.2) is 0 Å². The minimum Gasteiger partial charge on any atom is -0.492 e. The van der Waals surface area contributed by atoms with Gasteiger partial charge >= 0.3 is 5.97 Å². The number of carboxylic acid groups (broad SMARTS) is 1. The van der Waals surface area contributed by atoms with Crippen molar-refractivity contribution < 1.29 is 14.6 Å². The van der Waals surface area contributed by atoms with Crippen molar-refractivity contribution in [3.8, 4) is 5.75 Å². The van der Waals surface area contributed by atoms with Crippen LogP contribution in [0.25, 0.3) is 0 Å². The van der Waals surface area contributed by atoms with Crippen LogP contribution in [0.2, 0.25) is 0 Å². The van der Waals surface area contributed by atoms with Gasteiger partial charge in [0.2, 0.25) is 0 Å². The van der Waals surface area contributed by atoms with Gasteiger partial charge < -0.3 is 20.9 Å². The van der Waals surface area contributed by atoms with Gasteiger partial charge in [0.15, 0.2) is 0 Å². The van der Waals surface area contributed by atoms with Crippen LogP contribution in [0.5, 0.6) is 5.75 Å². The molecule has 94 valence electrons. The molecule has 5 nitrogen and oxygen atoms in total. The molecule has 1 aromatic rings. The first-order valence-corrected chi connectivity index (χ1v) is 5.48. The molecule has 0 heterocycles. The third kappa shape index (κ3) is 4.84. The quantitative estimate of drug-likeness (QED) is 0.592. The highest BCUT2D eigenvalue weighted by molar-refractivity contribution is 5.73. The SMILES string of the molecule is CNCCOc1ccc(CC(N)C(=O)O)cc1. The fourth-order valence-electron chi connectivity index (χ4n) is 1.33. The average Bonchev–Trinajstić information content (AvgIpc) is 2.31. The highest BCUT2D eigenvalue weighted by atomic mass is 16.5. The molecule has 5 heteroatoms. The van der Waals surface area contributed by atoms with Crippen LogP contribution >= 0.6 is 0 Å². The second kappa shape index (κ2) is 6.88. The first kappa shape index (κ1) is 13.5. The summed E-state index contributed by atoms with van der Waals surface area (Å²) < 4.78 is 5.44. The lowest BCUT2D eigenvalue weighted by atomic mass is 10.1. The molecule has 0 saturated carbocycles. The number of carboxylic acids is 1. The second-order valence-corrected chi connectivity index (χ2v) is 3.74. The summed E-state index contributed by atoms with van der Waals surface area (Å²) in [5.41, 5.74) is 6.34. The number of carbonyl (C=O) groups is 1. The van der Waals surface area contributed by atoms with Gasteiger partial charge in [0, 0.05) is 6.54 Å². The molecule has 0 fully saturated rings. The van der Waals surface area contributed by atoms with E-state index >= 15 is 0 Å². The van der Waals surface area contributed by atoms with Gasteiger partial charge in [0.1, 0.15) is 18.4 Å². The Kier molecular flexibility index (Phi) is 5.45. The van der Waals surface area contributed by atoms with E-state index < -0.39 is 12.0 Å². The van der Waals surface area contributed by atoms with E-state index in [-0.39, 0.29) is 0 Å². The van der Waals surface area contributed by atoms with Crippen LogP contribution in [0.15, 0.2) is 24.3 Å². The van der Waals surface area contributed by atoms with Crippen LogP contribution < -0.4 is 15.8 Å². The van der Waals surface area contributed by atoms with E-state index in [1.165, 1.54) is 0 Å². The summed E-state index contributed by atoms with van der Waals surface area (Å²) >= 11 is 0. The number of benzene rings is 1. The van der Waals surface area contributed by atoms with Crippen molar-refractivity contribution in [1.29, 1.82) is 0 Å². The summed E-state index contributed by atoms with van der Waals surface area (Å²) in [6, 6.07) is 6.44. The molecular formula is C12H18N2O3. The van der Waals surface area contributed by atoms with Crippen molar-refractivity contribution in [2.75, 3.05) is 20.2 Å². The maximum Gasteiger partial charge on any atom is 0.320 e. The Morgan fingerprint density at radius 1 is 1.47 bits per heavy atom. The molecule has 1 aromatic carbocycles. The molecule has 1 unspecified atom stereocenters. The third-order valence-electron chi connectivity index (χ3n) is 2.32. The summed E-state index contributed by atoms with van der Waals surface area (Å²) in [7, 11) is 1.86. The Bertz CT molecular complexity index is 351. The van der Waals surface area contributed by atoms with Crippen molar-refractivity contribution in [1.82, 2.24) is 5.32 Å². The first-order chi connectivity index (χ1) is 8.13. The number of likely N-dealkylation sites (N-methyl/N-ethyl adjacent to an activating group) is 1. The zero-order valence-electron chi connectivity index (χ0n) is 9.85. The van der Waals surface area contributed by atoms with Gasteiger partial charge in [-0.15, -0.1) is 0 Å². The zero-order valence-corrected chi connectivity index (χ0v) is 9.85. The van der Waals surface area contributed by atoms with Gasteiger partial charge in [-0.2, -0.15) is 0 Å². The van der Waals surface area contributed by atoms with Gasteiger partial charge in [0.25, 0.3) is 0 Å². The molecule has 0 aliphatic rings. The van der Waals surface area contributed by atoms with E-state index in [1.54, 1.807) is 0 Å². The second-order valence-electron chi connectivity index (χ2n) is 3.74. The van der Waals surface area contributed by atoms with E-state index in [4.69, 9.17) is 15.6 Å². The molecule has 4 N–H and O–H groups in total. The normalized spacial score (nSPS) is 12.1. The summed E-state index contributed by atoms with van der Waals surface area (Å²) in [5.74, 6) is -0.216. The van der Waals surface area contributed by atoms with Crippen molar-refractivity contribution in [3.63, 3.8) is 0 Å². The van der Waals surface area contributed by atoms with Crippen molar-refractivity contribution in [3.05, 3.63) is 29.8 Å². The Labute approximate surface area is 101 Å². The molecular weight excluding hydrogens is 220 g/mol. The van der Waals surface area contributed by atoms with E-state index in [9.17, 15) is 4.79 Å². The van der Waals surface area contributed by atoms with E-state index in [0.29, 0.717) is 13.0 Å². The molecule has 0 amide bonds. The number of ether oxygens (including phenoxy) is 1. The number of hydrogen-bond acceptors (Lipinski definition) is 4. The van der Waals surface area contributed by atoms with Crippen LogP contribution in [0.3, 0.4) is 0 Å². The van der Waals surface area contributed by atoms with Crippen LogP contribution in [-0.4, -0.2) is 37.3 Å². The molecule has 1 rings (SSSR count). The molecule has 0 saturated heterocycles. The number of hydrogen-bond donors (Lipinski definition) is 3. The van der Waals surface area contributed by atoms with Gasteiger partial charge in [0.05, 0.1) is 0 Å². The number of aliphatic carboxylic acids is 1. The lowest BCUT2D eigenvalue weighted by molar-refractivity contribution is -0.138. The lowest BCUT2D eigenvalue weighted by Gasteiger charge is -2.08. The molecule has 0 aromatic heterocycles. The van der Waals surface area contributed by atoms with Crippen molar-refractivity contribution in [2.45, 2.75) is 12.5 Å². The van der Waals surface area contributed by atoms with Crippen molar-refractivity contribution in [2.24, 2.45) is 5.73 Å². The standard InChI is InChI=1S/C12H18N2O3/c1-14-6-7-17-10-4-2-9(3-5-10)8-11(13)12(15)16/h2-5,11,14H,6-8,13H2,1H3,(H,15,16). The van der Waals surface area contributed by atoms with Crippen LogP contribution in [-0.2, 0) is 11.2 Å². The highest BCUT2D eigenvalue weighted by Gasteiger charge is 2.11. The molecule has 17 heavy (non-hydrogen) atoms. The smallest absolute Gasteiger partial charge is 0.320 e. The predicted octanol–water partition coefficient (Wildman–Crippen LogP) is 0.239. The molecule has 0 aliphatic carbocycles. The van der Waals surface area contributed by atoms with Gasteiger partial charge in [-0.1, -0.05) is 12.1 Å². The number of rotatable bonds is 7. The number of nitrogens with two attached hydrogens (primary N) is 1. The van der Waals surface area contributed by atoms with Crippen LogP contribution in [0.4, 0.5) is 0 Å². The van der Waals surface area contributed by atoms with Crippen LogP contribution in [0.1, 0.15) is 5.56 Å². The highest BCUT2D eigenvalue weighted by Crippen LogP contribution is 2.13. The Hall–Kier alpha value is -1.59. The summed E-state index contributed by atoms with van der Waals surface area (Å²) in [5, 5.41) is 11.7. The van der Waals surface area contributed by atoms with Crippen LogP contribution in [0, 0.1) is 0 Å². The largest absolute Gasteiger partial charge is 0.492 e. The maximum atomic E-state index is 10.6. The molecule has 1 atom stereocenters. The zero-order chi connectivity index (χ0) is 12.7.